The molecule has 0 bridgehead atoms. The molecule has 1 N–H and O–H groups in total. The summed E-state index contributed by atoms with van der Waals surface area (Å²) in [4.78, 5) is 12.4. The van der Waals surface area contributed by atoms with Crippen LogP contribution in [0.25, 0.3) is 0 Å². The highest BCUT2D eigenvalue weighted by molar-refractivity contribution is 5.78. The van der Waals surface area contributed by atoms with Gasteiger partial charge in [0.25, 0.3) is 0 Å². The van der Waals surface area contributed by atoms with Gasteiger partial charge in [0.1, 0.15) is 12.4 Å². The SMILES string of the molecule is N#CCC[C@H](Cc1ccc(OCc2ccccc2)cc1)NC(=O)Cc1ccccc1. The standard InChI is InChI=1S/C26H26N2O2/c27-17-7-12-24(28-26(29)19-21-8-3-1-4-9-21)18-22-13-15-25(16-14-22)30-20-23-10-5-2-6-11-23/h1-6,8-11,13-16,24H,7,12,18-20H2,(H,28,29)/t24-/m1/s1. The normalized spacial score (nSPS) is 11.3. The zero-order valence-corrected chi connectivity index (χ0v) is 17.0. The molecule has 4 heteroatoms. The third-order valence-electron chi connectivity index (χ3n) is 4.83. The Labute approximate surface area is 178 Å². The van der Waals surface area contributed by atoms with Crippen molar-refractivity contribution in [1.29, 1.82) is 5.26 Å². The molecule has 152 valence electrons. The van der Waals surface area contributed by atoms with Crippen LogP contribution < -0.4 is 10.1 Å². The van der Waals surface area contributed by atoms with E-state index in [1.54, 1.807) is 0 Å². The van der Waals surface area contributed by atoms with E-state index < -0.39 is 0 Å². The summed E-state index contributed by atoms with van der Waals surface area (Å²) in [5.41, 5.74) is 3.21. The van der Waals surface area contributed by atoms with Crippen molar-refractivity contribution < 1.29 is 9.53 Å². The molecule has 0 unspecified atom stereocenters. The lowest BCUT2D eigenvalue weighted by Crippen LogP contribution is -2.37. The fourth-order valence-electron chi connectivity index (χ4n) is 3.27. The number of amides is 1. The summed E-state index contributed by atoms with van der Waals surface area (Å²) >= 11 is 0. The molecule has 0 aliphatic carbocycles. The number of carbonyl (C=O) groups is 1. The van der Waals surface area contributed by atoms with Gasteiger partial charge in [0, 0.05) is 12.5 Å². The molecule has 0 spiro atoms. The van der Waals surface area contributed by atoms with Gasteiger partial charge in [-0.2, -0.15) is 5.26 Å². The molecule has 0 aliphatic heterocycles. The van der Waals surface area contributed by atoms with Crippen molar-refractivity contribution in [3.05, 3.63) is 102 Å². The Balaban J connectivity index is 1.54. The molecule has 0 radical (unpaired) electrons. The minimum atomic E-state index is -0.0723. The first-order valence-corrected chi connectivity index (χ1v) is 10.2. The maximum Gasteiger partial charge on any atom is 0.224 e. The van der Waals surface area contributed by atoms with Gasteiger partial charge >= 0.3 is 0 Å². The van der Waals surface area contributed by atoms with Crippen LogP contribution in [-0.2, 0) is 24.2 Å². The number of carbonyl (C=O) groups excluding carboxylic acids is 1. The Hall–Kier alpha value is -3.58. The van der Waals surface area contributed by atoms with E-state index in [2.05, 4.69) is 11.4 Å². The number of hydrogen-bond donors (Lipinski definition) is 1. The molecule has 1 atom stereocenters. The lowest BCUT2D eigenvalue weighted by Gasteiger charge is -2.18. The van der Waals surface area contributed by atoms with Crippen LogP contribution in [0.3, 0.4) is 0 Å². The fraction of sp³-hybridized carbons (Fsp3) is 0.231. The monoisotopic (exact) mass is 398 g/mol. The van der Waals surface area contributed by atoms with Crippen molar-refractivity contribution in [3.63, 3.8) is 0 Å². The van der Waals surface area contributed by atoms with E-state index in [9.17, 15) is 4.79 Å². The van der Waals surface area contributed by atoms with Crippen LogP contribution in [-0.4, -0.2) is 11.9 Å². The molecule has 4 nitrogen and oxygen atoms in total. The first-order chi connectivity index (χ1) is 14.7. The molecular formula is C26H26N2O2. The summed E-state index contributed by atoms with van der Waals surface area (Å²) in [6, 6.07) is 29.8. The number of nitrogens with zero attached hydrogens (tertiary/aromatic N) is 1. The first-order valence-electron chi connectivity index (χ1n) is 10.2. The Bertz CT molecular complexity index is 948. The van der Waals surface area contributed by atoms with E-state index in [1.807, 2.05) is 84.9 Å². The van der Waals surface area contributed by atoms with Gasteiger partial charge in [0.2, 0.25) is 5.91 Å². The van der Waals surface area contributed by atoms with Crippen molar-refractivity contribution in [2.45, 2.75) is 38.3 Å². The molecule has 3 aromatic rings. The second kappa shape index (κ2) is 11.4. The molecule has 0 saturated carbocycles. The van der Waals surface area contributed by atoms with Crippen LogP contribution in [0.1, 0.15) is 29.5 Å². The summed E-state index contributed by atoms with van der Waals surface area (Å²) in [6.07, 6.45) is 2.06. The average Bonchev–Trinajstić information content (AvgIpc) is 2.78. The minimum Gasteiger partial charge on any atom is -0.489 e. The number of benzene rings is 3. The molecule has 0 saturated heterocycles. The number of nitriles is 1. The van der Waals surface area contributed by atoms with E-state index in [1.165, 1.54) is 0 Å². The van der Waals surface area contributed by atoms with Gasteiger partial charge in [-0.1, -0.05) is 72.8 Å². The zero-order valence-electron chi connectivity index (χ0n) is 17.0. The zero-order chi connectivity index (χ0) is 21.0. The Morgan fingerprint density at radius 2 is 1.50 bits per heavy atom. The van der Waals surface area contributed by atoms with Crippen molar-refractivity contribution in [1.82, 2.24) is 5.32 Å². The molecule has 1 amide bonds. The predicted octanol–water partition coefficient (Wildman–Crippen LogP) is 4.84. The summed E-state index contributed by atoms with van der Waals surface area (Å²) in [6.45, 7) is 0.528. The Morgan fingerprint density at radius 3 is 2.13 bits per heavy atom. The third-order valence-corrected chi connectivity index (χ3v) is 4.83. The van der Waals surface area contributed by atoms with Crippen LogP contribution in [0.5, 0.6) is 5.75 Å². The quantitative estimate of drug-likeness (QED) is 0.532. The van der Waals surface area contributed by atoms with Crippen molar-refractivity contribution in [2.75, 3.05) is 0 Å². The molecular weight excluding hydrogens is 372 g/mol. The van der Waals surface area contributed by atoms with Gasteiger partial charge in [-0.25, -0.2) is 0 Å². The van der Waals surface area contributed by atoms with Crippen LogP contribution >= 0.6 is 0 Å². The second-order valence-electron chi connectivity index (χ2n) is 7.25. The largest absolute Gasteiger partial charge is 0.489 e. The molecule has 3 rings (SSSR count). The topological polar surface area (TPSA) is 62.1 Å². The van der Waals surface area contributed by atoms with E-state index >= 15 is 0 Å². The van der Waals surface area contributed by atoms with Crippen molar-refractivity contribution >= 4 is 5.91 Å². The van der Waals surface area contributed by atoms with Crippen LogP contribution in [0.2, 0.25) is 0 Å². The number of nitrogens with one attached hydrogen (secondary N) is 1. The predicted molar refractivity (Wildman–Crippen MR) is 118 cm³/mol. The van der Waals surface area contributed by atoms with Crippen LogP contribution in [0.4, 0.5) is 0 Å². The summed E-state index contributed by atoms with van der Waals surface area (Å²) < 4.78 is 5.84. The smallest absolute Gasteiger partial charge is 0.224 e. The second-order valence-corrected chi connectivity index (χ2v) is 7.25. The molecule has 3 aromatic carbocycles. The molecule has 0 aromatic heterocycles. The minimum absolute atomic E-state index is 0.0213. The summed E-state index contributed by atoms with van der Waals surface area (Å²) in [5, 5.41) is 12.0. The molecule has 30 heavy (non-hydrogen) atoms. The van der Waals surface area contributed by atoms with Gasteiger partial charge in [-0.3, -0.25) is 4.79 Å². The fourth-order valence-corrected chi connectivity index (χ4v) is 3.27. The molecule has 0 heterocycles. The highest BCUT2D eigenvalue weighted by atomic mass is 16.5. The van der Waals surface area contributed by atoms with Crippen LogP contribution in [0.15, 0.2) is 84.9 Å². The summed E-state index contributed by atoms with van der Waals surface area (Å²) in [7, 11) is 0. The number of hydrogen-bond acceptors (Lipinski definition) is 3. The van der Waals surface area contributed by atoms with Crippen molar-refractivity contribution in [3.8, 4) is 11.8 Å². The van der Waals surface area contributed by atoms with E-state index in [4.69, 9.17) is 10.00 Å². The Kier molecular flexibility index (Phi) is 8.05. The van der Waals surface area contributed by atoms with Gasteiger partial charge in [0.15, 0.2) is 0 Å². The number of ether oxygens (including phenoxy) is 1. The lowest BCUT2D eigenvalue weighted by atomic mass is 10.0. The van der Waals surface area contributed by atoms with Gasteiger partial charge in [-0.05, 0) is 41.7 Å². The average molecular weight is 399 g/mol. The first kappa shape index (κ1) is 21.1. The lowest BCUT2D eigenvalue weighted by molar-refractivity contribution is -0.121. The van der Waals surface area contributed by atoms with E-state index in [0.717, 1.165) is 22.4 Å². The third kappa shape index (κ3) is 7.10. The molecule has 0 fully saturated rings. The van der Waals surface area contributed by atoms with Gasteiger partial charge in [0.05, 0.1) is 12.5 Å². The maximum atomic E-state index is 12.4. The van der Waals surface area contributed by atoms with Crippen LogP contribution in [0, 0.1) is 11.3 Å². The molecule has 0 aliphatic rings. The highest BCUT2D eigenvalue weighted by Crippen LogP contribution is 2.16. The van der Waals surface area contributed by atoms with Crippen molar-refractivity contribution in [2.24, 2.45) is 0 Å². The van der Waals surface area contributed by atoms with Gasteiger partial charge < -0.3 is 10.1 Å². The summed E-state index contributed by atoms with van der Waals surface area (Å²) in [5.74, 6) is 0.788. The van der Waals surface area contributed by atoms with E-state index in [-0.39, 0.29) is 11.9 Å². The van der Waals surface area contributed by atoms with E-state index in [0.29, 0.717) is 32.3 Å². The Morgan fingerprint density at radius 1 is 0.867 bits per heavy atom. The number of rotatable bonds is 10. The highest BCUT2D eigenvalue weighted by Gasteiger charge is 2.13. The van der Waals surface area contributed by atoms with Gasteiger partial charge in [-0.15, -0.1) is 0 Å². The maximum absolute atomic E-state index is 12.4.